The molecule has 0 aliphatic carbocycles. The molecule has 1 aliphatic heterocycles. The molecule has 0 saturated carbocycles. The van der Waals surface area contributed by atoms with E-state index >= 15 is 0 Å². The second kappa shape index (κ2) is 10.4. The molecule has 1 heterocycles. The van der Waals surface area contributed by atoms with E-state index < -0.39 is 0 Å². The van der Waals surface area contributed by atoms with E-state index in [1.54, 1.807) is 19.2 Å². The monoisotopic (exact) mass is 463 g/mol. The molecule has 1 fully saturated rings. The Morgan fingerprint density at radius 2 is 2.03 bits per heavy atom. The zero-order valence-electron chi connectivity index (χ0n) is 17.9. The first-order chi connectivity index (χ1) is 13.7. The van der Waals surface area contributed by atoms with Crippen molar-refractivity contribution < 1.29 is 13.9 Å². The van der Waals surface area contributed by atoms with Crippen LogP contribution in [0.2, 0.25) is 0 Å². The van der Waals surface area contributed by atoms with Gasteiger partial charge in [0.05, 0.1) is 11.6 Å². The Hall–Kier alpha value is -1.72. The maximum Gasteiger partial charge on any atom is 0.144 e. The number of carbonyl (C=O) groups is 1. The van der Waals surface area contributed by atoms with Crippen LogP contribution in [-0.4, -0.2) is 37.4 Å². The molecule has 5 heteroatoms. The van der Waals surface area contributed by atoms with Crippen molar-refractivity contribution in [3.63, 3.8) is 0 Å². The Morgan fingerprint density at radius 3 is 2.62 bits per heavy atom. The lowest BCUT2D eigenvalue weighted by molar-refractivity contribution is -0.124. The van der Waals surface area contributed by atoms with Crippen molar-refractivity contribution in [3.8, 4) is 0 Å². The molecule has 0 spiro atoms. The molecular weight excluding hydrogens is 433 g/mol. The maximum atomic E-state index is 14.3. The van der Waals surface area contributed by atoms with Crippen molar-refractivity contribution in [2.75, 3.05) is 26.7 Å². The van der Waals surface area contributed by atoms with E-state index in [0.717, 1.165) is 30.7 Å². The lowest BCUT2D eigenvalue weighted by atomic mass is 9.73. The van der Waals surface area contributed by atoms with Crippen LogP contribution in [0.3, 0.4) is 0 Å². The summed E-state index contributed by atoms with van der Waals surface area (Å²) in [4.78, 5) is 14.2. The van der Waals surface area contributed by atoms with Crippen LogP contribution in [0.15, 0.2) is 52.7 Å². The number of methoxy groups -OCH3 is 1. The molecular formula is C24H31BrFNO2. The van der Waals surface area contributed by atoms with Gasteiger partial charge in [0.25, 0.3) is 0 Å². The van der Waals surface area contributed by atoms with E-state index in [1.165, 1.54) is 0 Å². The first-order valence-corrected chi connectivity index (χ1v) is 10.8. The summed E-state index contributed by atoms with van der Waals surface area (Å²) in [6.07, 6.45) is 6.11. The van der Waals surface area contributed by atoms with E-state index in [4.69, 9.17) is 4.74 Å². The second-order valence-corrected chi connectivity index (χ2v) is 8.69. The predicted octanol–water partition coefficient (Wildman–Crippen LogP) is 6.16. The highest BCUT2D eigenvalue weighted by molar-refractivity contribution is 9.10. The fraction of sp³-hybridized carbons (Fsp3) is 0.458. The molecule has 0 atom stereocenters. The lowest BCUT2D eigenvalue weighted by Gasteiger charge is -2.50. The molecule has 0 N–H and O–H groups in total. The van der Waals surface area contributed by atoms with Gasteiger partial charge in [0.2, 0.25) is 0 Å². The number of ketones is 1. The Morgan fingerprint density at radius 1 is 1.34 bits per heavy atom. The molecule has 2 rings (SSSR count). The summed E-state index contributed by atoms with van der Waals surface area (Å²) in [7, 11) is 1.60. The number of carbonyl (C=O) groups excluding carboxylic acids is 1. The van der Waals surface area contributed by atoms with Crippen LogP contribution in [0.25, 0.3) is 5.57 Å². The highest BCUT2D eigenvalue weighted by Crippen LogP contribution is 2.38. The fourth-order valence-corrected chi connectivity index (χ4v) is 4.11. The molecule has 1 aromatic rings. The summed E-state index contributed by atoms with van der Waals surface area (Å²) < 4.78 is 20.2. The first-order valence-electron chi connectivity index (χ1n) is 10.0. The molecule has 0 radical (unpaired) electrons. The highest BCUT2D eigenvalue weighted by Gasteiger charge is 2.42. The standard InChI is InChI=1S/C24H31BrFNO2/c1-6-20(28)13-24(7-2)15-27(16-24)14-19(18(4)29-5)12-11-17(3)21-9-8-10-22(25)23(21)26/h8-12H,4,6-7,13-16H2,1-3,5H3/b17-11+,19-12-. The number of ether oxygens (including phenoxy) is 1. The SMILES string of the molecule is C=C(OC)/C(=C\C=C(/C)c1cccc(Br)c1F)CN1CC(CC)(CC(=O)CC)C1. The molecule has 0 aromatic heterocycles. The zero-order valence-corrected chi connectivity index (χ0v) is 19.4. The number of halogens is 2. The van der Waals surface area contributed by atoms with Crippen LogP contribution in [-0.2, 0) is 9.53 Å². The second-order valence-electron chi connectivity index (χ2n) is 7.84. The van der Waals surface area contributed by atoms with Gasteiger partial charge in [-0.25, -0.2) is 4.39 Å². The molecule has 0 unspecified atom stereocenters. The van der Waals surface area contributed by atoms with Gasteiger partial charge in [-0.15, -0.1) is 0 Å². The van der Waals surface area contributed by atoms with Crippen LogP contribution in [0.5, 0.6) is 0 Å². The van der Waals surface area contributed by atoms with E-state index in [1.807, 2.05) is 32.1 Å². The van der Waals surface area contributed by atoms with Crippen LogP contribution >= 0.6 is 15.9 Å². The molecule has 29 heavy (non-hydrogen) atoms. The molecule has 158 valence electrons. The van der Waals surface area contributed by atoms with Crippen molar-refractivity contribution >= 4 is 27.3 Å². The summed E-state index contributed by atoms with van der Waals surface area (Å²) >= 11 is 3.24. The van der Waals surface area contributed by atoms with Gasteiger partial charge >= 0.3 is 0 Å². The van der Waals surface area contributed by atoms with Gasteiger partial charge in [0.15, 0.2) is 0 Å². The van der Waals surface area contributed by atoms with Gasteiger partial charge < -0.3 is 4.74 Å². The fourth-order valence-electron chi connectivity index (χ4n) is 3.75. The number of rotatable bonds is 10. The molecule has 0 bridgehead atoms. The average Bonchev–Trinajstić information content (AvgIpc) is 2.69. The number of likely N-dealkylation sites (tertiary alicyclic amines) is 1. The number of allylic oxidation sites excluding steroid dienone is 3. The molecule has 1 aliphatic rings. The third-order valence-electron chi connectivity index (χ3n) is 5.74. The van der Waals surface area contributed by atoms with Crippen molar-refractivity contribution in [2.45, 2.75) is 40.0 Å². The Labute approximate surface area is 182 Å². The van der Waals surface area contributed by atoms with Crippen molar-refractivity contribution in [2.24, 2.45) is 5.41 Å². The molecule has 3 nitrogen and oxygen atoms in total. The van der Waals surface area contributed by atoms with E-state index in [-0.39, 0.29) is 11.2 Å². The van der Waals surface area contributed by atoms with E-state index in [9.17, 15) is 9.18 Å². The minimum absolute atomic E-state index is 0.0950. The van der Waals surface area contributed by atoms with Gasteiger partial charge in [-0.3, -0.25) is 9.69 Å². The van der Waals surface area contributed by atoms with Crippen LogP contribution in [0, 0.1) is 11.2 Å². The van der Waals surface area contributed by atoms with Crippen molar-refractivity contribution in [1.82, 2.24) is 4.90 Å². The Kier molecular flexibility index (Phi) is 8.41. The largest absolute Gasteiger partial charge is 0.497 e. The average molecular weight is 464 g/mol. The minimum Gasteiger partial charge on any atom is -0.497 e. The maximum absolute atomic E-state index is 14.3. The summed E-state index contributed by atoms with van der Waals surface area (Å²) in [5.74, 6) is 0.665. The Balaban J connectivity index is 2.13. The van der Waals surface area contributed by atoms with Crippen LogP contribution in [0.4, 0.5) is 4.39 Å². The number of Topliss-reactive ketones (excluding diaryl/α,β-unsaturated/α-hetero) is 1. The number of nitrogens with zero attached hydrogens (tertiary/aromatic N) is 1. The molecule has 1 saturated heterocycles. The summed E-state index contributed by atoms with van der Waals surface area (Å²) in [6.45, 7) is 12.5. The van der Waals surface area contributed by atoms with Gasteiger partial charge in [-0.1, -0.05) is 44.7 Å². The normalized spacial score (nSPS) is 17.0. The highest BCUT2D eigenvalue weighted by atomic mass is 79.9. The smallest absolute Gasteiger partial charge is 0.144 e. The van der Waals surface area contributed by atoms with Crippen LogP contribution < -0.4 is 0 Å². The summed E-state index contributed by atoms with van der Waals surface area (Å²) in [6, 6.07) is 5.27. The Bertz CT molecular complexity index is 822. The predicted molar refractivity (Wildman–Crippen MR) is 121 cm³/mol. The summed E-state index contributed by atoms with van der Waals surface area (Å²) in [5.41, 5.74) is 2.43. The zero-order chi connectivity index (χ0) is 21.6. The topological polar surface area (TPSA) is 29.5 Å². The van der Waals surface area contributed by atoms with Gasteiger partial charge in [-0.05, 0) is 40.9 Å². The number of hydrogen-bond acceptors (Lipinski definition) is 3. The van der Waals surface area contributed by atoms with Crippen LogP contribution in [0.1, 0.15) is 45.6 Å². The molecule has 0 amide bonds. The van der Waals surface area contributed by atoms with Crippen molar-refractivity contribution in [1.29, 1.82) is 0 Å². The minimum atomic E-state index is -0.266. The first kappa shape index (κ1) is 23.6. The van der Waals surface area contributed by atoms with E-state index in [2.05, 4.69) is 34.3 Å². The number of hydrogen-bond donors (Lipinski definition) is 0. The lowest BCUT2D eigenvalue weighted by Crippen LogP contribution is -2.57. The van der Waals surface area contributed by atoms with E-state index in [0.29, 0.717) is 41.0 Å². The summed E-state index contributed by atoms with van der Waals surface area (Å²) in [5, 5.41) is 0. The third-order valence-corrected chi connectivity index (χ3v) is 6.36. The van der Waals surface area contributed by atoms with Gasteiger partial charge in [0.1, 0.15) is 17.4 Å². The quantitative estimate of drug-likeness (QED) is 0.307. The number of benzene rings is 1. The molecule has 1 aromatic carbocycles. The van der Waals surface area contributed by atoms with Crippen molar-refractivity contribution in [3.05, 3.63) is 64.1 Å². The van der Waals surface area contributed by atoms with Gasteiger partial charge in [-0.2, -0.15) is 0 Å². The van der Waals surface area contributed by atoms with Gasteiger partial charge in [0, 0.05) is 49.0 Å². The third kappa shape index (κ3) is 5.89.